The van der Waals surface area contributed by atoms with Crippen molar-refractivity contribution < 1.29 is 34.4 Å². The van der Waals surface area contributed by atoms with Gasteiger partial charge in [0.1, 0.15) is 5.69 Å². The van der Waals surface area contributed by atoms with E-state index < -0.39 is 39.0 Å². The van der Waals surface area contributed by atoms with Crippen molar-refractivity contribution in [2.45, 2.75) is 6.42 Å². The average Bonchev–Trinajstić information content (AvgIpc) is 2.96. The molecule has 0 unspecified atom stereocenters. The summed E-state index contributed by atoms with van der Waals surface area (Å²) in [5.74, 6) is -1.65. The summed E-state index contributed by atoms with van der Waals surface area (Å²) in [4.78, 5) is 36.5. The largest absolute Gasteiger partial charge is 0.492 e. The Kier molecular flexibility index (Phi) is 6.70. The van der Waals surface area contributed by atoms with Crippen molar-refractivity contribution in [3.63, 3.8) is 0 Å². The molecule has 1 aromatic carbocycles. The Hall–Kier alpha value is -3.87. The lowest BCUT2D eigenvalue weighted by Crippen LogP contribution is -2.21. The second-order valence-corrected chi connectivity index (χ2v) is 5.31. The van der Waals surface area contributed by atoms with E-state index in [0.717, 1.165) is 24.3 Å². The zero-order chi connectivity index (χ0) is 20.7. The number of hydrogen-bond acceptors (Lipinski definition) is 10. The third-order valence-electron chi connectivity index (χ3n) is 3.39. The summed E-state index contributed by atoms with van der Waals surface area (Å²) in [5, 5.41) is 43.1. The summed E-state index contributed by atoms with van der Waals surface area (Å²) in [6, 6.07) is 5.50. The fourth-order valence-electron chi connectivity index (χ4n) is 2.09. The maximum absolute atomic E-state index is 11.6. The minimum atomic E-state index is -0.763. The van der Waals surface area contributed by atoms with Crippen LogP contribution >= 0.6 is 0 Å². The number of aromatic hydroxyl groups is 2. The molecule has 0 atom stereocenters. The van der Waals surface area contributed by atoms with Crippen LogP contribution in [-0.4, -0.2) is 50.5 Å². The Morgan fingerprint density at radius 3 is 2.36 bits per heavy atom. The van der Waals surface area contributed by atoms with Crippen LogP contribution in [0.5, 0.6) is 11.8 Å². The maximum atomic E-state index is 11.6. The second-order valence-electron chi connectivity index (χ2n) is 5.31. The van der Waals surface area contributed by atoms with Crippen molar-refractivity contribution in [2.24, 2.45) is 0 Å². The Balaban J connectivity index is 1.74. The number of non-ortho nitro benzene ring substituents is 1. The van der Waals surface area contributed by atoms with Gasteiger partial charge in [-0.3, -0.25) is 20.2 Å². The fraction of sp³-hybridized carbons (Fsp3) is 0.267. The molecule has 0 saturated heterocycles. The SMILES string of the molecule is O=C(CCOCCNc1ccc([N+](=O)[O-])cc1[N+](=O)[O-])On1c(O)ccc1O. The van der Waals surface area contributed by atoms with E-state index in [1.807, 2.05) is 0 Å². The molecule has 0 bridgehead atoms. The molecule has 0 aliphatic carbocycles. The van der Waals surface area contributed by atoms with Gasteiger partial charge in [0.2, 0.25) is 11.8 Å². The number of nitrogens with zero attached hydrogens (tertiary/aromatic N) is 3. The van der Waals surface area contributed by atoms with Crippen LogP contribution in [0.1, 0.15) is 6.42 Å². The molecule has 3 N–H and O–H groups in total. The quantitative estimate of drug-likeness (QED) is 0.300. The van der Waals surface area contributed by atoms with Crippen LogP contribution in [0.25, 0.3) is 0 Å². The van der Waals surface area contributed by atoms with Crippen molar-refractivity contribution in [1.82, 2.24) is 4.73 Å². The van der Waals surface area contributed by atoms with E-state index in [0.29, 0.717) is 4.73 Å². The Morgan fingerprint density at radius 1 is 1.07 bits per heavy atom. The molecule has 0 spiro atoms. The number of rotatable bonds is 10. The molecule has 1 heterocycles. The molecule has 13 heteroatoms. The van der Waals surface area contributed by atoms with Crippen molar-refractivity contribution in [2.75, 3.05) is 25.1 Å². The molecule has 2 rings (SSSR count). The van der Waals surface area contributed by atoms with E-state index in [1.165, 1.54) is 6.07 Å². The zero-order valence-electron chi connectivity index (χ0n) is 14.3. The number of ether oxygens (including phenoxy) is 1. The Bertz CT molecular complexity index is 861. The molecule has 0 saturated carbocycles. The normalized spacial score (nSPS) is 10.4. The third kappa shape index (κ3) is 5.31. The van der Waals surface area contributed by atoms with Gasteiger partial charge in [-0.05, 0) is 6.07 Å². The summed E-state index contributed by atoms with van der Waals surface area (Å²) in [6.45, 7) is 0.194. The van der Waals surface area contributed by atoms with E-state index in [-0.39, 0.29) is 31.9 Å². The summed E-state index contributed by atoms with van der Waals surface area (Å²) in [7, 11) is 0. The van der Waals surface area contributed by atoms with Crippen molar-refractivity contribution in [1.29, 1.82) is 0 Å². The molecule has 0 amide bonds. The Morgan fingerprint density at radius 2 is 1.75 bits per heavy atom. The van der Waals surface area contributed by atoms with Crippen LogP contribution in [0.3, 0.4) is 0 Å². The molecule has 28 heavy (non-hydrogen) atoms. The highest BCUT2D eigenvalue weighted by atomic mass is 16.7. The molecule has 0 radical (unpaired) electrons. The number of nitro benzene ring substituents is 2. The number of carbonyl (C=O) groups excluding carboxylic acids is 1. The first-order valence-corrected chi connectivity index (χ1v) is 7.85. The van der Waals surface area contributed by atoms with Crippen LogP contribution < -0.4 is 10.2 Å². The van der Waals surface area contributed by atoms with Crippen molar-refractivity contribution in [3.8, 4) is 11.8 Å². The standard InChI is InChI=1S/C15H16N4O9/c20-13-3-4-14(21)17(13)28-15(22)5-7-27-8-6-16-11-2-1-10(18(23)24)9-12(11)19(25)26/h1-4,9,16,20-21H,5-8H2. The van der Waals surface area contributed by atoms with Gasteiger partial charge in [-0.1, -0.05) is 0 Å². The van der Waals surface area contributed by atoms with E-state index >= 15 is 0 Å². The zero-order valence-corrected chi connectivity index (χ0v) is 14.3. The number of nitro groups is 2. The lowest BCUT2D eigenvalue weighted by atomic mass is 10.2. The van der Waals surface area contributed by atoms with Crippen molar-refractivity contribution in [3.05, 3.63) is 50.6 Å². The van der Waals surface area contributed by atoms with E-state index in [4.69, 9.17) is 9.57 Å². The first-order valence-electron chi connectivity index (χ1n) is 7.85. The topological polar surface area (TPSA) is 179 Å². The van der Waals surface area contributed by atoms with Gasteiger partial charge in [0, 0.05) is 24.7 Å². The monoisotopic (exact) mass is 396 g/mol. The number of carbonyl (C=O) groups is 1. The molecule has 0 aliphatic rings. The van der Waals surface area contributed by atoms with Crippen LogP contribution in [-0.2, 0) is 9.53 Å². The lowest BCUT2D eigenvalue weighted by Gasteiger charge is -2.09. The number of nitrogens with one attached hydrogen (secondary N) is 1. The predicted molar refractivity (Wildman–Crippen MR) is 93.0 cm³/mol. The highest BCUT2D eigenvalue weighted by molar-refractivity contribution is 5.70. The summed E-state index contributed by atoms with van der Waals surface area (Å²) in [6.07, 6.45) is -0.172. The molecular formula is C15H16N4O9. The van der Waals surface area contributed by atoms with E-state index in [9.17, 15) is 35.2 Å². The second kappa shape index (κ2) is 9.18. The van der Waals surface area contributed by atoms with Gasteiger partial charge >= 0.3 is 5.97 Å². The van der Waals surface area contributed by atoms with Crippen LogP contribution in [0, 0.1) is 20.2 Å². The molecule has 0 aliphatic heterocycles. The number of benzene rings is 1. The summed E-state index contributed by atoms with van der Waals surface area (Å²) < 4.78 is 5.75. The lowest BCUT2D eigenvalue weighted by molar-refractivity contribution is -0.393. The van der Waals surface area contributed by atoms with Gasteiger partial charge in [-0.2, -0.15) is 0 Å². The first kappa shape index (κ1) is 20.4. The third-order valence-corrected chi connectivity index (χ3v) is 3.39. The number of hydrogen-bond donors (Lipinski definition) is 3. The van der Waals surface area contributed by atoms with Crippen LogP contribution in [0.2, 0.25) is 0 Å². The van der Waals surface area contributed by atoms with Crippen molar-refractivity contribution >= 4 is 23.0 Å². The molecule has 2 aromatic rings. The van der Waals surface area contributed by atoms with Gasteiger partial charge < -0.3 is 25.1 Å². The molecule has 13 nitrogen and oxygen atoms in total. The number of aromatic nitrogens is 1. The molecule has 150 valence electrons. The van der Waals surface area contributed by atoms with Gasteiger partial charge in [-0.25, -0.2) is 4.79 Å². The fourth-order valence-corrected chi connectivity index (χ4v) is 2.09. The maximum Gasteiger partial charge on any atom is 0.335 e. The van der Waals surface area contributed by atoms with Gasteiger partial charge in [0.15, 0.2) is 0 Å². The van der Waals surface area contributed by atoms with E-state index in [2.05, 4.69) is 5.32 Å². The molecule has 0 fully saturated rings. The van der Waals surface area contributed by atoms with Crippen LogP contribution in [0.4, 0.5) is 17.1 Å². The Labute approximate surface area is 157 Å². The number of anilines is 1. The van der Waals surface area contributed by atoms with E-state index in [1.54, 1.807) is 0 Å². The first-order chi connectivity index (χ1) is 13.3. The molecular weight excluding hydrogens is 380 g/mol. The van der Waals surface area contributed by atoms with Crippen LogP contribution in [0.15, 0.2) is 30.3 Å². The van der Waals surface area contributed by atoms with Gasteiger partial charge in [0.25, 0.3) is 11.4 Å². The predicted octanol–water partition coefficient (Wildman–Crippen LogP) is 1.19. The summed E-state index contributed by atoms with van der Waals surface area (Å²) in [5.41, 5.74) is -0.743. The highest BCUT2D eigenvalue weighted by Crippen LogP contribution is 2.28. The summed E-state index contributed by atoms with van der Waals surface area (Å²) >= 11 is 0. The highest BCUT2D eigenvalue weighted by Gasteiger charge is 2.19. The smallest absolute Gasteiger partial charge is 0.335 e. The van der Waals surface area contributed by atoms with Gasteiger partial charge in [0.05, 0.1) is 35.5 Å². The minimum Gasteiger partial charge on any atom is -0.492 e. The van der Waals surface area contributed by atoms with Gasteiger partial charge in [-0.15, -0.1) is 4.73 Å². The molecule has 1 aromatic heterocycles. The minimum absolute atomic E-state index is 0.0361. The average molecular weight is 396 g/mol.